The maximum Gasteiger partial charge on any atom is 0.180 e. The molecule has 29 heavy (non-hydrogen) atoms. The molecule has 4 heterocycles. The molecular formula is C22H20N6O. The first-order valence-electron chi connectivity index (χ1n) is 9.35. The van der Waals surface area contributed by atoms with Crippen molar-refractivity contribution >= 4 is 5.78 Å². The van der Waals surface area contributed by atoms with Crippen LogP contribution in [-0.4, -0.2) is 35.9 Å². The number of Topliss-reactive ketones (excluding diaryl/α,β-unsaturated/α-hetero) is 1. The molecule has 0 bridgehead atoms. The van der Waals surface area contributed by atoms with Gasteiger partial charge in [0.05, 0.1) is 5.69 Å². The zero-order valence-corrected chi connectivity index (χ0v) is 16.3. The maximum absolute atomic E-state index is 12.5. The molecule has 0 aliphatic heterocycles. The van der Waals surface area contributed by atoms with Crippen molar-refractivity contribution in [3.63, 3.8) is 0 Å². The van der Waals surface area contributed by atoms with Crippen molar-refractivity contribution < 1.29 is 4.79 Å². The van der Waals surface area contributed by atoms with Gasteiger partial charge in [0.15, 0.2) is 11.6 Å². The van der Waals surface area contributed by atoms with Gasteiger partial charge in [-0.05, 0) is 55.7 Å². The molecule has 0 radical (unpaired) electrons. The first kappa shape index (κ1) is 18.6. The summed E-state index contributed by atoms with van der Waals surface area (Å²) in [5, 5.41) is 6.93. The standard InChI is InChI=1S/C22H20N6O/c1-14-10-16(13-26-21(14)17-6-9-23-15(2)11-17)4-5-20(29)18-12-19(28-27-18)22-24-7-3-8-25-22/h3,6-13H,4-5H2,1-2H3,(H,27,28). The SMILES string of the molecule is Cc1cc(-c2ncc(CCC(=O)c3cc(-c4ncccn4)n[nH]3)cc2C)ccn1. The minimum absolute atomic E-state index is 0.00818. The van der Waals surface area contributed by atoms with Gasteiger partial charge in [-0.3, -0.25) is 19.9 Å². The third-order valence-electron chi connectivity index (χ3n) is 4.62. The van der Waals surface area contributed by atoms with Gasteiger partial charge >= 0.3 is 0 Å². The monoisotopic (exact) mass is 384 g/mol. The lowest BCUT2D eigenvalue weighted by atomic mass is 10.0. The average molecular weight is 384 g/mol. The van der Waals surface area contributed by atoms with Gasteiger partial charge < -0.3 is 0 Å². The fourth-order valence-corrected chi connectivity index (χ4v) is 3.17. The van der Waals surface area contributed by atoms with Gasteiger partial charge in [-0.15, -0.1) is 0 Å². The van der Waals surface area contributed by atoms with E-state index in [4.69, 9.17) is 0 Å². The van der Waals surface area contributed by atoms with E-state index in [-0.39, 0.29) is 5.78 Å². The summed E-state index contributed by atoms with van der Waals surface area (Å²) < 4.78 is 0. The van der Waals surface area contributed by atoms with E-state index in [0.29, 0.717) is 30.1 Å². The Labute approximate surface area is 168 Å². The van der Waals surface area contributed by atoms with Gasteiger partial charge in [0.2, 0.25) is 0 Å². The molecule has 0 saturated heterocycles. The van der Waals surface area contributed by atoms with Crippen molar-refractivity contribution in [2.24, 2.45) is 0 Å². The first-order valence-corrected chi connectivity index (χ1v) is 9.35. The van der Waals surface area contributed by atoms with E-state index in [1.54, 1.807) is 30.7 Å². The lowest BCUT2D eigenvalue weighted by Crippen LogP contribution is -2.02. The van der Waals surface area contributed by atoms with Crippen molar-refractivity contribution in [1.29, 1.82) is 0 Å². The normalized spacial score (nSPS) is 10.8. The number of nitrogens with one attached hydrogen (secondary N) is 1. The van der Waals surface area contributed by atoms with Gasteiger partial charge in [-0.1, -0.05) is 6.07 Å². The van der Waals surface area contributed by atoms with Crippen LogP contribution in [0.4, 0.5) is 0 Å². The van der Waals surface area contributed by atoms with Crippen LogP contribution in [0.15, 0.2) is 55.1 Å². The van der Waals surface area contributed by atoms with Crippen LogP contribution in [0.5, 0.6) is 0 Å². The zero-order chi connectivity index (χ0) is 20.2. The Kier molecular flexibility index (Phi) is 5.20. The quantitative estimate of drug-likeness (QED) is 0.508. The molecule has 0 unspecified atom stereocenters. The summed E-state index contributed by atoms with van der Waals surface area (Å²) in [6.45, 7) is 3.99. The van der Waals surface area contributed by atoms with E-state index in [2.05, 4.69) is 36.2 Å². The number of hydrogen-bond donors (Lipinski definition) is 1. The largest absolute Gasteiger partial charge is 0.292 e. The Morgan fingerprint density at radius 2 is 1.83 bits per heavy atom. The number of aryl methyl sites for hydroxylation is 3. The molecule has 0 aromatic carbocycles. The summed E-state index contributed by atoms with van der Waals surface area (Å²) in [6, 6.07) is 9.49. The number of carbonyl (C=O) groups is 1. The van der Waals surface area contributed by atoms with Gasteiger partial charge in [0.25, 0.3) is 0 Å². The van der Waals surface area contributed by atoms with E-state index >= 15 is 0 Å². The summed E-state index contributed by atoms with van der Waals surface area (Å²) in [6.07, 6.45) is 7.89. The van der Waals surface area contributed by atoms with Gasteiger partial charge in [-0.2, -0.15) is 5.10 Å². The van der Waals surface area contributed by atoms with E-state index in [1.807, 2.05) is 32.2 Å². The number of nitrogens with zero attached hydrogens (tertiary/aromatic N) is 5. The molecule has 7 nitrogen and oxygen atoms in total. The number of H-pyrrole nitrogens is 1. The summed E-state index contributed by atoms with van der Waals surface area (Å²) in [7, 11) is 0. The number of carbonyl (C=O) groups excluding carboxylic acids is 1. The Balaban J connectivity index is 1.43. The number of hydrogen-bond acceptors (Lipinski definition) is 6. The highest BCUT2D eigenvalue weighted by Crippen LogP contribution is 2.22. The smallest absolute Gasteiger partial charge is 0.180 e. The molecular weight excluding hydrogens is 364 g/mol. The Morgan fingerprint density at radius 3 is 2.59 bits per heavy atom. The molecule has 0 aliphatic rings. The second-order valence-electron chi connectivity index (χ2n) is 6.86. The van der Waals surface area contributed by atoms with E-state index in [1.165, 1.54) is 0 Å². The number of aromatic nitrogens is 6. The minimum Gasteiger partial charge on any atom is -0.292 e. The number of aromatic amines is 1. The molecule has 0 aliphatic carbocycles. The molecule has 0 saturated carbocycles. The number of pyridine rings is 2. The first-order chi connectivity index (χ1) is 14.1. The van der Waals surface area contributed by atoms with Crippen molar-refractivity contribution in [3.8, 4) is 22.8 Å². The van der Waals surface area contributed by atoms with Gasteiger partial charge in [0, 0.05) is 42.5 Å². The van der Waals surface area contributed by atoms with Crippen molar-refractivity contribution in [3.05, 3.63) is 77.6 Å². The predicted molar refractivity (Wildman–Crippen MR) is 109 cm³/mol. The van der Waals surface area contributed by atoms with E-state index in [9.17, 15) is 4.79 Å². The molecule has 7 heteroatoms. The lowest BCUT2D eigenvalue weighted by Gasteiger charge is -2.08. The van der Waals surface area contributed by atoms with Crippen molar-refractivity contribution in [2.75, 3.05) is 0 Å². The molecule has 4 aromatic rings. The third kappa shape index (κ3) is 4.24. The van der Waals surface area contributed by atoms with Crippen LogP contribution < -0.4 is 0 Å². The van der Waals surface area contributed by atoms with Crippen LogP contribution in [0.2, 0.25) is 0 Å². The third-order valence-corrected chi connectivity index (χ3v) is 4.62. The summed E-state index contributed by atoms with van der Waals surface area (Å²) in [5.74, 6) is 0.482. The van der Waals surface area contributed by atoms with Crippen molar-refractivity contribution in [2.45, 2.75) is 26.7 Å². The second-order valence-corrected chi connectivity index (χ2v) is 6.86. The van der Waals surface area contributed by atoms with Crippen LogP contribution in [0.25, 0.3) is 22.8 Å². The van der Waals surface area contributed by atoms with Crippen LogP contribution in [0.1, 0.15) is 33.7 Å². The average Bonchev–Trinajstić information content (AvgIpc) is 3.23. The minimum atomic E-state index is -0.00818. The fraction of sp³-hybridized carbons (Fsp3) is 0.182. The molecule has 0 atom stereocenters. The summed E-state index contributed by atoms with van der Waals surface area (Å²) >= 11 is 0. The molecule has 4 rings (SSSR count). The van der Waals surface area contributed by atoms with Gasteiger partial charge in [0.1, 0.15) is 11.4 Å². The van der Waals surface area contributed by atoms with Gasteiger partial charge in [-0.25, -0.2) is 9.97 Å². The van der Waals surface area contributed by atoms with E-state index in [0.717, 1.165) is 28.1 Å². The topological polar surface area (TPSA) is 97.3 Å². The lowest BCUT2D eigenvalue weighted by molar-refractivity contribution is 0.0978. The molecule has 144 valence electrons. The highest BCUT2D eigenvalue weighted by molar-refractivity contribution is 5.95. The molecule has 1 N–H and O–H groups in total. The maximum atomic E-state index is 12.5. The highest BCUT2D eigenvalue weighted by atomic mass is 16.1. The van der Waals surface area contributed by atoms with Crippen LogP contribution >= 0.6 is 0 Å². The Morgan fingerprint density at radius 1 is 1.00 bits per heavy atom. The van der Waals surface area contributed by atoms with Crippen LogP contribution in [0, 0.1) is 13.8 Å². The van der Waals surface area contributed by atoms with Crippen molar-refractivity contribution in [1.82, 2.24) is 30.1 Å². The van der Waals surface area contributed by atoms with E-state index < -0.39 is 0 Å². The zero-order valence-electron chi connectivity index (χ0n) is 16.3. The van der Waals surface area contributed by atoms with Crippen LogP contribution in [-0.2, 0) is 6.42 Å². The molecule has 0 spiro atoms. The molecule has 0 amide bonds. The fourth-order valence-electron chi connectivity index (χ4n) is 3.17. The predicted octanol–water partition coefficient (Wildman–Crippen LogP) is 3.76. The summed E-state index contributed by atoms with van der Waals surface area (Å²) in [5.41, 5.74) is 6.06. The molecule has 4 aromatic heterocycles. The molecule has 0 fully saturated rings. The Hall–Kier alpha value is -3.74. The Bertz CT molecular complexity index is 1150. The summed E-state index contributed by atoms with van der Waals surface area (Å²) in [4.78, 5) is 29.7. The second kappa shape index (κ2) is 8.10. The van der Waals surface area contributed by atoms with Crippen LogP contribution in [0.3, 0.4) is 0 Å². The highest BCUT2D eigenvalue weighted by Gasteiger charge is 2.13. The number of ketones is 1. The number of rotatable bonds is 6.